The molecule has 6 heteroatoms. The van der Waals surface area contributed by atoms with Crippen LogP contribution >= 0.6 is 22.7 Å². The number of hydrogen-bond acceptors (Lipinski definition) is 6. The van der Waals surface area contributed by atoms with Gasteiger partial charge in [-0.25, -0.2) is 0 Å². The fourth-order valence-electron chi connectivity index (χ4n) is 11.0. The van der Waals surface area contributed by atoms with E-state index < -0.39 is 0 Å². The Hall–Kier alpha value is -10.2. The molecular weight excluding hydrogens is 1030 g/mol. The quantitative estimate of drug-likeness (QED) is 0.101. The van der Waals surface area contributed by atoms with Gasteiger partial charge in [0, 0.05) is 87.4 Å². The first-order chi connectivity index (χ1) is 40.6. The van der Waals surface area contributed by atoms with Crippen molar-refractivity contribution in [2.45, 2.75) is 0 Å². The lowest BCUT2D eigenvalue weighted by molar-refractivity contribution is 1.25. The molecule has 0 fully saturated rings. The predicted octanol–water partition coefficient (Wildman–Crippen LogP) is 23.0. The number of fused-ring (bicyclic) bond motifs is 2. The van der Waals surface area contributed by atoms with Crippen molar-refractivity contribution in [1.29, 1.82) is 0 Å². The Labute approximate surface area is 487 Å². The monoisotopic (exact) mass is 1090 g/mol. The summed E-state index contributed by atoms with van der Waals surface area (Å²) in [6.45, 7) is 0. The molecule has 82 heavy (non-hydrogen) atoms. The number of thiophene rings is 2. The van der Waals surface area contributed by atoms with E-state index in [9.17, 15) is 0 Å². The zero-order valence-corrected chi connectivity index (χ0v) is 46.4. The molecule has 14 aromatic rings. The third-order valence-corrected chi connectivity index (χ3v) is 17.4. The molecule has 0 saturated heterocycles. The van der Waals surface area contributed by atoms with Crippen LogP contribution in [0, 0.1) is 0 Å². The highest BCUT2D eigenvalue weighted by Gasteiger charge is 2.20. The minimum atomic E-state index is 1.06. The van der Waals surface area contributed by atoms with E-state index in [0.717, 1.165) is 79.4 Å². The summed E-state index contributed by atoms with van der Waals surface area (Å²) in [5.74, 6) is 0. The van der Waals surface area contributed by atoms with Crippen LogP contribution in [0.5, 0.6) is 0 Å². The van der Waals surface area contributed by atoms with Crippen molar-refractivity contribution in [3.63, 3.8) is 0 Å². The Morgan fingerprint density at radius 1 is 0.171 bits per heavy atom. The predicted molar refractivity (Wildman–Crippen MR) is 352 cm³/mol. The van der Waals surface area contributed by atoms with Gasteiger partial charge < -0.3 is 19.6 Å². The van der Waals surface area contributed by atoms with Crippen molar-refractivity contribution < 1.29 is 0 Å². The topological polar surface area (TPSA) is 13.0 Å². The normalized spacial score (nSPS) is 11.2. The van der Waals surface area contributed by atoms with Crippen LogP contribution in [0.3, 0.4) is 0 Å². The molecule has 12 aromatic carbocycles. The number of benzene rings is 12. The van der Waals surface area contributed by atoms with Crippen LogP contribution in [0.15, 0.2) is 328 Å². The highest BCUT2D eigenvalue weighted by atomic mass is 32.1. The zero-order valence-electron chi connectivity index (χ0n) is 44.8. The highest BCUT2D eigenvalue weighted by molar-refractivity contribution is 7.22. The van der Waals surface area contributed by atoms with E-state index in [4.69, 9.17) is 0 Å². The number of para-hydroxylation sites is 4. The van der Waals surface area contributed by atoms with Gasteiger partial charge >= 0.3 is 0 Å². The van der Waals surface area contributed by atoms with E-state index in [1.165, 1.54) is 41.1 Å². The maximum Gasteiger partial charge on any atom is 0.0463 e. The van der Waals surface area contributed by atoms with Crippen molar-refractivity contribution in [1.82, 2.24) is 0 Å². The lowest BCUT2D eigenvalue weighted by Gasteiger charge is -2.29. The van der Waals surface area contributed by atoms with E-state index in [1.54, 1.807) is 0 Å². The van der Waals surface area contributed by atoms with Crippen molar-refractivity contribution >= 4 is 111 Å². The molecular formula is C76H54N4S2. The van der Waals surface area contributed by atoms with Gasteiger partial charge in [0.15, 0.2) is 0 Å². The van der Waals surface area contributed by atoms with Gasteiger partial charge in [0.2, 0.25) is 0 Å². The molecule has 0 bridgehead atoms. The van der Waals surface area contributed by atoms with E-state index >= 15 is 0 Å². The average Bonchev–Trinajstić information content (AvgIpc) is 4.30. The summed E-state index contributed by atoms with van der Waals surface area (Å²) < 4.78 is 2.59. The molecule has 14 rings (SSSR count). The molecule has 0 saturated carbocycles. The molecule has 0 spiro atoms. The van der Waals surface area contributed by atoms with Crippen LogP contribution < -0.4 is 19.6 Å². The Balaban J connectivity index is 0.795. The third-order valence-electron chi connectivity index (χ3n) is 15.0. The number of hydrogen-bond donors (Lipinski definition) is 0. The SMILES string of the molecule is c1ccc(N(c2ccccc2)c2ccc(N(c3ccc(-c4ccc(N(c5ccc(-c6cc7ccccc7s6)cc5)c5ccc(N(c6ccccc6)c6ccccc6)cc5)cc4)cc3)c3ccc(-c4cc5ccccc5s4)cc3)cc2)cc1. The van der Waals surface area contributed by atoms with Crippen molar-refractivity contribution in [2.75, 3.05) is 19.6 Å². The molecule has 0 radical (unpaired) electrons. The average molecular weight is 1090 g/mol. The first-order valence-corrected chi connectivity index (χ1v) is 29.3. The lowest BCUT2D eigenvalue weighted by Crippen LogP contribution is -2.12. The van der Waals surface area contributed by atoms with Crippen molar-refractivity contribution in [2.24, 2.45) is 0 Å². The molecule has 2 aromatic heterocycles. The largest absolute Gasteiger partial charge is 0.311 e. The number of nitrogens with zero attached hydrogens (tertiary/aromatic N) is 4. The van der Waals surface area contributed by atoms with E-state index in [-0.39, 0.29) is 0 Å². The summed E-state index contributed by atoms with van der Waals surface area (Å²) in [4.78, 5) is 11.8. The fraction of sp³-hybridized carbons (Fsp3) is 0. The van der Waals surface area contributed by atoms with Crippen LogP contribution in [0.2, 0.25) is 0 Å². The smallest absolute Gasteiger partial charge is 0.0463 e. The molecule has 390 valence electrons. The third kappa shape index (κ3) is 10.2. The molecule has 0 atom stereocenters. The molecule has 0 unspecified atom stereocenters. The van der Waals surface area contributed by atoms with Crippen LogP contribution in [-0.4, -0.2) is 0 Å². The molecule has 0 aliphatic rings. The Morgan fingerprint density at radius 2 is 0.366 bits per heavy atom. The van der Waals surface area contributed by atoms with E-state index in [1.807, 2.05) is 22.7 Å². The van der Waals surface area contributed by atoms with Crippen LogP contribution in [0.1, 0.15) is 0 Å². The van der Waals surface area contributed by atoms with Crippen LogP contribution in [-0.2, 0) is 0 Å². The minimum absolute atomic E-state index is 1.06. The summed E-state index contributed by atoms with van der Waals surface area (Å²) in [6.07, 6.45) is 0. The molecule has 0 aliphatic carbocycles. The van der Waals surface area contributed by atoms with Gasteiger partial charge in [-0.15, -0.1) is 22.7 Å². The summed E-state index contributed by atoms with van der Waals surface area (Å²) >= 11 is 3.67. The van der Waals surface area contributed by atoms with Gasteiger partial charge in [-0.1, -0.05) is 158 Å². The van der Waals surface area contributed by atoms with Gasteiger partial charge in [0.25, 0.3) is 0 Å². The molecule has 2 heterocycles. The number of rotatable bonds is 15. The van der Waals surface area contributed by atoms with Gasteiger partial charge in [-0.05, 0) is 203 Å². The summed E-state index contributed by atoms with van der Waals surface area (Å²) in [5.41, 5.74) is 17.7. The maximum atomic E-state index is 2.36. The second kappa shape index (κ2) is 22.5. The highest BCUT2D eigenvalue weighted by Crippen LogP contribution is 2.44. The Kier molecular flexibility index (Phi) is 13.7. The van der Waals surface area contributed by atoms with Crippen LogP contribution in [0.25, 0.3) is 52.2 Å². The first-order valence-electron chi connectivity index (χ1n) is 27.6. The molecule has 0 aliphatic heterocycles. The van der Waals surface area contributed by atoms with Gasteiger partial charge in [0.05, 0.1) is 0 Å². The van der Waals surface area contributed by atoms with Crippen LogP contribution in [0.4, 0.5) is 68.2 Å². The lowest BCUT2D eigenvalue weighted by atomic mass is 10.0. The van der Waals surface area contributed by atoms with Gasteiger partial charge in [-0.3, -0.25) is 0 Å². The molecule has 4 nitrogen and oxygen atoms in total. The van der Waals surface area contributed by atoms with Crippen molar-refractivity contribution in [3.05, 3.63) is 328 Å². The second-order valence-electron chi connectivity index (χ2n) is 20.2. The fourth-order valence-corrected chi connectivity index (χ4v) is 13.1. The Bertz CT molecular complexity index is 3960. The van der Waals surface area contributed by atoms with E-state index in [2.05, 4.69) is 347 Å². The first kappa shape index (κ1) is 50.0. The van der Waals surface area contributed by atoms with Crippen molar-refractivity contribution in [3.8, 4) is 32.0 Å². The second-order valence-corrected chi connectivity index (χ2v) is 22.4. The van der Waals surface area contributed by atoms with E-state index in [0.29, 0.717) is 0 Å². The summed E-state index contributed by atoms with van der Waals surface area (Å²) in [5, 5.41) is 2.55. The minimum Gasteiger partial charge on any atom is -0.311 e. The maximum absolute atomic E-state index is 2.36. The molecule has 0 amide bonds. The molecule has 0 N–H and O–H groups in total. The summed E-state index contributed by atoms with van der Waals surface area (Å²) in [7, 11) is 0. The number of anilines is 12. The van der Waals surface area contributed by atoms with Gasteiger partial charge in [0.1, 0.15) is 0 Å². The van der Waals surface area contributed by atoms with Gasteiger partial charge in [-0.2, -0.15) is 0 Å². The zero-order chi connectivity index (χ0) is 54.6. The standard InChI is InChI=1S/C76H54N4S2/c1-5-19-61(20-6-1)77(62-21-7-2-8-22-62)69-45-49-71(50-46-69)79(67-41-33-57(34-42-67)75-53-59-17-13-15-27-73(59)81-75)65-37-29-55(30-38-65)56-31-39-66(40-32-56)80(68-43-35-58(36-44-68)76-54-60-18-14-16-28-74(60)82-76)72-51-47-70(48-52-72)78(63-23-9-3-10-24-63)64-25-11-4-12-26-64/h1-54H. The Morgan fingerprint density at radius 3 is 0.610 bits per heavy atom. The summed E-state index contributed by atoms with van der Waals surface area (Å²) in [6, 6.07) is 118.